The minimum Gasteiger partial charge on any atom is -0.481 e. The average Bonchev–Trinajstić information content (AvgIpc) is 2.92. The lowest BCUT2D eigenvalue weighted by molar-refractivity contribution is -0.140. The number of methoxy groups -OCH3 is 1. The number of carbonyl (C=O) groups is 2. The SMILES string of the molecule is CCC(C(=O)N1CC(OC)CC1CC(=O)O)c1ccc(F)cc1. The van der Waals surface area contributed by atoms with Crippen LogP contribution in [0.3, 0.4) is 0 Å². The summed E-state index contributed by atoms with van der Waals surface area (Å²) in [6.45, 7) is 2.28. The summed E-state index contributed by atoms with van der Waals surface area (Å²) in [6.07, 6.45) is 0.854. The van der Waals surface area contributed by atoms with E-state index in [1.807, 2.05) is 6.92 Å². The van der Waals surface area contributed by atoms with Gasteiger partial charge in [-0.25, -0.2) is 4.39 Å². The van der Waals surface area contributed by atoms with Crippen LogP contribution in [0.25, 0.3) is 0 Å². The molecular formula is C17H22FNO4. The number of nitrogens with zero attached hydrogens (tertiary/aromatic N) is 1. The molecule has 1 N–H and O–H groups in total. The van der Waals surface area contributed by atoms with E-state index in [9.17, 15) is 14.0 Å². The van der Waals surface area contributed by atoms with E-state index >= 15 is 0 Å². The minimum absolute atomic E-state index is 0.0918. The van der Waals surface area contributed by atoms with Crippen molar-refractivity contribution in [3.8, 4) is 0 Å². The number of likely N-dealkylation sites (tertiary alicyclic amines) is 1. The molecule has 0 bridgehead atoms. The predicted octanol–water partition coefficient (Wildman–Crippen LogP) is 2.41. The van der Waals surface area contributed by atoms with Crippen LogP contribution >= 0.6 is 0 Å². The number of rotatable bonds is 6. The third-order valence-corrected chi connectivity index (χ3v) is 4.38. The molecule has 23 heavy (non-hydrogen) atoms. The molecule has 0 radical (unpaired) electrons. The Hall–Kier alpha value is -1.95. The van der Waals surface area contributed by atoms with Crippen molar-refractivity contribution >= 4 is 11.9 Å². The third-order valence-electron chi connectivity index (χ3n) is 4.38. The van der Waals surface area contributed by atoms with Crippen LogP contribution in [0.4, 0.5) is 4.39 Å². The van der Waals surface area contributed by atoms with Gasteiger partial charge in [0.15, 0.2) is 0 Å². The average molecular weight is 323 g/mol. The van der Waals surface area contributed by atoms with Crippen LogP contribution < -0.4 is 0 Å². The van der Waals surface area contributed by atoms with Crippen molar-refractivity contribution in [3.63, 3.8) is 0 Å². The molecule has 3 atom stereocenters. The Kier molecular flexibility index (Phi) is 5.71. The van der Waals surface area contributed by atoms with E-state index in [1.165, 1.54) is 12.1 Å². The van der Waals surface area contributed by atoms with Crippen LogP contribution in [0.1, 0.15) is 37.7 Å². The van der Waals surface area contributed by atoms with Crippen molar-refractivity contribution in [1.82, 2.24) is 4.90 Å². The van der Waals surface area contributed by atoms with Crippen molar-refractivity contribution in [2.24, 2.45) is 0 Å². The fourth-order valence-electron chi connectivity index (χ4n) is 3.16. The van der Waals surface area contributed by atoms with E-state index in [0.717, 1.165) is 5.56 Å². The summed E-state index contributed by atoms with van der Waals surface area (Å²) in [6, 6.07) is 5.53. The molecule has 3 unspecified atom stereocenters. The highest BCUT2D eigenvalue weighted by Crippen LogP contribution is 2.29. The number of carboxylic acids is 1. The number of amides is 1. The number of aliphatic carboxylic acids is 1. The van der Waals surface area contributed by atoms with Gasteiger partial charge in [-0.1, -0.05) is 19.1 Å². The Labute approximate surface area is 135 Å². The number of halogens is 1. The molecule has 5 nitrogen and oxygen atoms in total. The summed E-state index contributed by atoms with van der Waals surface area (Å²) in [7, 11) is 1.56. The monoisotopic (exact) mass is 323 g/mol. The van der Waals surface area contributed by atoms with Gasteiger partial charge in [0.1, 0.15) is 5.82 Å². The summed E-state index contributed by atoms with van der Waals surface area (Å²) < 4.78 is 18.4. The van der Waals surface area contributed by atoms with Gasteiger partial charge in [-0.3, -0.25) is 9.59 Å². The lowest BCUT2D eigenvalue weighted by Crippen LogP contribution is -2.40. The van der Waals surface area contributed by atoms with E-state index in [2.05, 4.69) is 0 Å². The van der Waals surface area contributed by atoms with Gasteiger partial charge < -0.3 is 14.7 Å². The van der Waals surface area contributed by atoms with Gasteiger partial charge in [-0.2, -0.15) is 0 Å². The molecule has 0 saturated carbocycles. The van der Waals surface area contributed by atoms with Gasteiger partial charge in [0.05, 0.1) is 18.4 Å². The van der Waals surface area contributed by atoms with E-state index in [4.69, 9.17) is 9.84 Å². The van der Waals surface area contributed by atoms with Crippen molar-refractivity contribution < 1.29 is 23.8 Å². The summed E-state index contributed by atoms with van der Waals surface area (Å²) in [5, 5.41) is 9.06. The first-order valence-corrected chi connectivity index (χ1v) is 7.76. The molecular weight excluding hydrogens is 301 g/mol. The summed E-state index contributed by atoms with van der Waals surface area (Å²) in [5.41, 5.74) is 0.744. The van der Waals surface area contributed by atoms with Crippen LogP contribution in [0.15, 0.2) is 24.3 Å². The van der Waals surface area contributed by atoms with Gasteiger partial charge in [0.25, 0.3) is 0 Å². The second-order valence-electron chi connectivity index (χ2n) is 5.85. The predicted molar refractivity (Wildman–Crippen MR) is 82.6 cm³/mol. The van der Waals surface area contributed by atoms with E-state index in [-0.39, 0.29) is 30.3 Å². The van der Waals surface area contributed by atoms with E-state index in [0.29, 0.717) is 19.4 Å². The highest BCUT2D eigenvalue weighted by atomic mass is 19.1. The normalized spacial score (nSPS) is 22.1. The third kappa shape index (κ3) is 4.07. The standard InChI is InChI=1S/C17H22FNO4/c1-3-15(11-4-6-12(18)7-5-11)17(22)19-10-14(23-2)8-13(19)9-16(20)21/h4-7,13-15H,3,8-10H2,1-2H3,(H,20,21). The van der Waals surface area contributed by atoms with Gasteiger partial charge in [-0.05, 0) is 30.5 Å². The Morgan fingerprint density at radius 1 is 1.39 bits per heavy atom. The molecule has 0 spiro atoms. The number of carboxylic acid groups (broad SMARTS) is 1. The molecule has 1 saturated heterocycles. The zero-order valence-electron chi connectivity index (χ0n) is 13.4. The number of ether oxygens (including phenoxy) is 1. The van der Waals surface area contributed by atoms with Crippen LogP contribution in [0.5, 0.6) is 0 Å². The van der Waals surface area contributed by atoms with Crippen molar-refractivity contribution in [2.45, 2.75) is 44.2 Å². The molecule has 0 aromatic heterocycles. The molecule has 1 amide bonds. The zero-order valence-corrected chi connectivity index (χ0v) is 13.4. The zero-order chi connectivity index (χ0) is 17.0. The number of hydrogen-bond donors (Lipinski definition) is 1. The molecule has 1 heterocycles. The van der Waals surface area contributed by atoms with Gasteiger partial charge in [0.2, 0.25) is 5.91 Å². The molecule has 1 aromatic rings. The maximum atomic E-state index is 13.1. The highest BCUT2D eigenvalue weighted by Gasteiger charge is 2.38. The topological polar surface area (TPSA) is 66.8 Å². The Bertz CT molecular complexity index is 560. The first-order valence-electron chi connectivity index (χ1n) is 7.76. The number of benzene rings is 1. The lowest BCUT2D eigenvalue weighted by atomic mass is 9.94. The maximum absolute atomic E-state index is 13.1. The van der Waals surface area contributed by atoms with Crippen molar-refractivity contribution in [1.29, 1.82) is 0 Å². The van der Waals surface area contributed by atoms with Crippen LogP contribution in [0.2, 0.25) is 0 Å². The smallest absolute Gasteiger partial charge is 0.305 e. The molecule has 1 aliphatic heterocycles. The van der Waals surface area contributed by atoms with Gasteiger partial charge in [-0.15, -0.1) is 0 Å². The molecule has 1 aromatic carbocycles. The minimum atomic E-state index is -0.931. The molecule has 1 fully saturated rings. The van der Waals surface area contributed by atoms with Crippen LogP contribution in [-0.4, -0.2) is 47.7 Å². The van der Waals surface area contributed by atoms with Crippen molar-refractivity contribution in [3.05, 3.63) is 35.6 Å². The molecule has 1 aliphatic rings. The summed E-state index contributed by atoms with van der Waals surface area (Å²) in [4.78, 5) is 25.6. The lowest BCUT2D eigenvalue weighted by Gasteiger charge is -2.27. The molecule has 2 rings (SSSR count). The second-order valence-corrected chi connectivity index (χ2v) is 5.85. The summed E-state index contributed by atoms with van der Waals surface area (Å²) in [5.74, 6) is -1.80. The fourth-order valence-corrected chi connectivity index (χ4v) is 3.16. The number of hydrogen-bond acceptors (Lipinski definition) is 3. The Morgan fingerprint density at radius 3 is 2.57 bits per heavy atom. The van der Waals surface area contributed by atoms with Crippen molar-refractivity contribution in [2.75, 3.05) is 13.7 Å². The highest BCUT2D eigenvalue weighted by molar-refractivity contribution is 5.85. The fraction of sp³-hybridized carbons (Fsp3) is 0.529. The molecule has 126 valence electrons. The quantitative estimate of drug-likeness (QED) is 0.873. The van der Waals surface area contributed by atoms with Crippen LogP contribution in [-0.2, 0) is 14.3 Å². The molecule has 0 aliphatic carbocycles. The van der Waals surface area contributed by atoms with E-state index < -0.39 is 11.9 Å². The second kappa shape index (κ2) is 7.55. The van der Waals surface area contributed by atoms with Crippen LogP contribution in [0, 0.1) is 5.82 Å². The first kappa shape index (κ1) is 17.4. The van der Waals surface area contributed by atoms with E-state index in [1.54, 1.807) is 24.1 Å². The number of carbonyl (C=O) groups excluding carboxylic acids is 1. The maximum Gasteiger partial charge on any atom is 0.305 e. The Balaban J connectivity index is 2.20. The Morgan fingerprint density at radius 2 is 2.04 bits per heavy atom. The summed E-state index contributed by atoms with van der Waals surface area (Å²) >= 11 is 0. The molecule has 6 heteroatoms. The van der Waals surface area contributed by atoms with Gasteiger partial charge in [0, 0.05) is 19.7 Å². The van der Waals surface area contributed by atoms with Gasteiger partial charge >= 0.3 is 5.97 Å². The first-order chi connectivity index (χ1) is 11.0. The largest absolute Gasteiger partial charge is 0.481 e.